The molecular weight excluding hydrogens is 296 g/mol. The predicted octanol–water partition coefficient (Wildman–Crippen LogP) is 2.87. The van der Waals surface area contributed by atoms with E-state index in [4.69, 9.17) is 11.6 Å². The first-order valence-electron chi connectivity index (χ1n) is 6.59. The molecule has 0 amide bonds. The molecule has 0 saturated carbocycles. The van der Waals surface area contributed by atoms with E-state index in [2.05, 4.69) is 5.32 Å². The maximum Gasteiger partial charge on any atom is 0.243 e. The van der Waals surface area contributed by atoms with Crippen molar-refractivity contribution in [1.82, 2.24) is 9.62 Å². The van der Waals surface area contributed by atoms with Gasteiger partial charge in [0.25, 0.3) is 0 Å². The van der Waals surface area contributed by atoms with Crippen molar-refractivity contribution < 1.29 is 8.42 Å². The maximum absolute atomic E-state index is 12.7. The van der Waals surface area contributed by atoms with Gasteiger partial charge in [0, 0.05) is 24.2 Å². The normalized spacial score (nSPS) is 12.9. The van der Waals surface area contributed by atoms with Gasteiger partial charge in [-0.3, -0.25) is 0 Å². The number of nitrogens with zero attached hydrogens (tertiary/aromatic N) is 1. The van der Waals surface area contributed by atoms with E-state index in [1.807, 2.05) is 20.8 Å². The monoisotopic (exact) mass is 318 g/mol. The van der Waals surface area contributed by atoms with Gasteiger partial charge in [0.15, 0.2) is 0 Å². The SMILES string of the molecule is CCC(C)(C)N(C)S(=O)(=O)c1ccc(Cl)c(CNC)c1. The third-order valence-corrected chi connectivity index (χ3v) is 6.19. The lowest BCUT2D eigenvalue weighted by molar-refractivity contribution is 0.257. The highest BCUT2D eigenvalue weighted by Gasteiger charge is 2.32. The van der Waals surface area contributed by atoms with Gasteiger partial charge < -0.3 is 5.32 Å². The molecule has 0 aliphatic rings. The van der Waals surface area contributed by atoms with E-state index < -0.39 is 15.6 Å². The largest absolute Gasteiger partial charge is 0.316 e. The zero-order valence-corrected chi connectivity index (χ0v) is 14.3. The Kier molecular flexibility index (Phi) is 5.61. The van der Waals surface area contributed by atoms with Crippen LogP contribution in [-0.4, -0.2) is 32.4 Å². The van der Waals surface area contributed by atoms with Gasteiger partial charge in [-0.05, 0) is 51.1 Å². The molecule has 114 valence electrons. The van der Waals surface area contributed by atoms with Crippen molar-refractivity contribution in [1.29, 1.82) is 0 Å². The van der Waals surface area contributed by atoms with Crippen LogP contribution in [0.5, 0.6) is 0 Å². The molecule has 0 spiro atoms. The van der Waals surface area contributed by atoms with Crippen molar-refractivity contribution in [2.75, 3.05) is 14.1 Å². The van der Waals surface area contributed by atoms with Crippen LogP contribution in [0.15, 0.2) is 23.1 Å². The number of hydrogen-bond acceptors (Lipinski definition) is 3. The van der Waals surface area contributed by atoms with Crippen molar-refractivity contribution in [2.45, 2.75) is 44.2 Å². The summed E-state index contributed by atoms with van der Waals surface area (Å²) in [6.45, 7) is 6.33. The molecule has 4 nitrogen and oxygen atoms in total. The summed E-state index contributed by atoms with van der Waals surface area (Å²) in [6, 6.07) is 4.82. The summed E-state index contributed by atoms with van der Waals surface area (Å²) in [6.07, 6.45) is 0.736. The lowest BCUT2D eigenvalue weighted by Crippen LogP contribution is -2.44. The Hall–Kier alpha value is -0.620. The fourth-order valence-electron chi connectivity index (χ4n) is 1.74. The van der Waals surface area contributed by atoms with E-state index in [0.29, 0.717) is 11.6 Å². The summed E-state index contributed by atoms with van der Waals surface area (Å²) in [5, 5.41) is 3.55. The number of benzene rings is 1. The molecule has 0 bridgehead atoms. The van der Waals surface area contributed by atoms with Crippen LogP contribution in [0.4, 0.5) is 0 Å². The Morgan fingerprint density at radius 2 is 1.95 bits per heavy atom. The molecule has 0 aliphatic heterocycles. The predicted molar refractivity (Wildman–Crippen MR) is 83.5 cm³/mol. The Bertz CT molecular complexity index is 571. The Balaban J connectivity index is 3.26. The number of rotatable bonds is 6. The van der Waals surface area contributed by atoms with E-state index in [1.165, 1.54) is 4.31 Å². The van der Waals surface area contributed by atoms with Gasteiger partial charge in [-0.25, -0.2) is 8.42 Å². The highest BCUT2D eigenvalue weighted by Crippen LogP contribution is 2.27. The van der Waals surface area contributed by atoms with Crippen LogP contribution < -0.4 is 5.32 Å². The Labute approximate surface area is 127 Å². The summed E-state index contributed by atoms with van der Waals surface area (Å²) in [7, 11) is -0.108. The van der Waals surface area contributed by atoms with Crippen molar-refractivity contribution >= 4 is 21.6 Å². The van der Waals surface area contributed by atoms with Crippen molar-refractivity contribution in [3.63, 3.8) is 0 Å². The standard InChI is InChI=1S/C14H23ClN2O2S/c1-6-14(2,3)17(5)20(18,19)12-7-8-13(15)11(9-12)10-16-4/h7-9,16H,6,10H2,1-5H3. The van der Waals surface area contributed by atoms with Gasteiger partial charge in [0.2, 0.25) is 10.0 Å². The minimum absolute atomic E-state index is 0.274. The van der Waals surface area contributed by atoms with Crippen molar-refractivity contribution in [3.05, 3.63) is 28.8 Å². The molecule has 20 heavy (non-hydrogen) atoms. The summed E-state index contributed by atoms with van der Waals surface area (Å²) in [4.78, 5) is 0.274. The lowest BCUT2D eigenvalue weighted by Gasteiger charge is -2.33. The van der Waals surface area contributed by atoms with Crippen LogP contribution in [0, 0.1) is 0 Å². The molecule has 0 heterocycles. The van der Waals surface area contributed by atoms with Crippen molar-refractivity contribution in [3.8, 4) is 0 Å². The van der Waals surface area contributed by atoms with Crippen LogP contribution in [0.2, 0.25) is 5.02 Å². The maximum atomic E-state index is 12.7. The molecule has 0 fully saturated rings. The summed E-state index contributed by atoms with van der Waals surface area (Å²) in [5.74, 6) is 0. The molecule has 1 aromatic carbocycles. The molecule has 0 aliphatic carbocycles. The third-order valence-electron chi connectivity index (χ3n) is 3.76. The first-order chi connectivity index (χ1) is 9.16. The minimum Gasteiger partial charge on any atom is -0.316 e. The number of sulfonamides is 1. The van der Waals surface area contributed by atoms with E-state index in [1.54, 1.807) is 32.3 Å². The van der Waals surface area contributed by atoms with E-state index in [-0.39, 0.29) is 4.90 Å². The quantitative estimate of drug-likeness (QED) is 0.877. The molecule has 1 aromatic rings. The van der Waals surface area contributed by atoms with Gasteiger partial charge >= 0.3 is 0 Å². The highest BCUT2D eigenvalue weighted by atomic mass is 35.5. The van der Waals surface area contributed by atoms with Crippen LogP contribution in [0.25, 0.3) is 0 Å². The summed E-state index contributed by atoms with van der Waals surface area (Å²) < 4.78 is 26.8. The van der Waals surface area contributed by atoms with Crippen molar-refractivity contribution in [2.24, 2.45) is 0 Å². The fraction of sp³-hybridized carbons (Fsp3) is 0.571. The van der Waals surface area contributed by atoms with Crippen LogP contribution >= 0.6 is 11.6 Å². The molecule has 0 unspecified atom stereocenters. The minimum atomic E-state index is -3.52. The second-order valence-corrected chi connectivity index (χ2v) is 7.80. The summed E-state index contributed by atoms with van der Waals surface area (Å²) in [5.41, 5.74) is 0.347. The zero-order chi connectivity index (χ0) is 15.6. The molecule has 6 heteroatoms. The molecule has 0 saturated heterocycles. The average Bonchev–Trinajstić information content (AvgIpc) is 2.40. The number of nitrogens with one attached hydrogen (secondary N) is 1. The fourth-order valence-corrected chi connectivity index (χ4v) is 3.56. The van der Waals surface area contributed by atoms with Gasteiger partial charge in [-0.1, -0.05) is 18.5 Å². The van der Waals surface area contributed by atoms with Gasteiger partial charge in [0.05, 0.1) is 4.90 Å². The molecule has 1 rings (SSSR count). The molecule has 1 N–H and O–H groups in total. The number of halogens is 1. The Morgan fingerprint density at radius 1 is 1.35 bits per heavy atom. The van der Waals surface area contributed by atoms with E-state index >= 15 is 0 Å². The Morgan fingerprint density at radius 3 is 2.45 bits per heavy atom. The first-order valence-corrected chi connectivity index (χ1v) is 8.40. The molecule has 0 atom stereocenters. The highest BCUT2D eigenvalue weighted by molar-refractivity contribution is 7.89. The van der Waals surface area contributed by atoms with Crippen LogP contribution in [0.3, 0.4) is 0 Å². The molecule has 0 radical (unpaired) electrons. The molecule has 0 aromatic heterocycles. The van der Waals surface area contributed by atoms with Gasteiger partial charge in [-0.15, -0.1) is 0 Å². The average molecular weight is 319 g/mol. The van der Waals surface area contributed by atoms with Gasteiger partial charge in [-0.2, -0.15) is 4.31 Å². The lowest BCUT2D eigenvalue weighted by atomic mass is 10.0. The topological polar surface area (TPSA) is 49.4 Å². The van der Waals surface area contributed by atoms with Crippen LogP contribution in [0.1, 0.15) is 32.8 Å². The first kappa shape index (κ1) is 17.4. The second-order valence-electron chi connectivity index (χ2n) is 5.42. The third kappa shape index (κ3) is 3.52. The van der Waals surface area contributed by atoms with Gasteiger partial charge in [0.1, 0.15) is 0 Å². The second kappa shape index (κ2) is 6.43. The molecular formula is C14H23ClN2O2S. The summed E-state index contributed by atoms with van der Waals surface area (Å²) >= 11 is 6.07. The zero-order valence-electron chi connectivity index (χ0n) is 12.7. The van der Waals surface area contributed by atoms with E-state index in [9.17, 15) is 8.42 Å². The van der Waals surface area contributed by atoms with Crippen LogP contribution in [-0.2, 0) is 16.6 Å². The smallest absolute Gasteiger partial charge is 0.243 e. The van der Waals surface area contributed by atoms with E-state index in [0.717, 1.165) is 12.0 Å². The number of hydrogen-bond donors (Lipinski definition) is 1.